The van der Waals surface area contributed by atoms with Crippen molar-refractivity contribution in [1.82, 2.24) is 0 Å². The van der Waals surface area contributed by atoms with Crippen LogP contribution in [-0.4, -0.2) is 36.0 Å². The van der Waals surface area contributed by atoms with Gasteiger partial charge in [0.2, 0.25) is 0 Å². The van der Waals surface area contributed by atoms with Crippen LogP contribution in [0.4, 0.5) is 0 Å². The average Bonchev–Trinajstić information content (AvgIpc) is 2.30. The number of aliphatic hydroxyl groups is 2. The van der Waals surface area contributed by atoms with Crippen molar-refractivity contribution < 1.29 is 19.7 Å². The van der Waals surface area contributed by atoms with Gasteiger partial charge in [0.25, 0.3) is 0 Å². The fourth-order valence-corrected chi connectivity index (χ4v) is 1.50. The normalized spacial score (nSPS) is 10.4. The second kappa shape index (κ2) is 12.5. The molecule has 96 valence electrons. The van der Waals surface area contributed by atoms with E-state index >= 15 is 0 Å². The van der Waals surface area contributed by atoms with Crippen LogP contribution in [0.25, 0.3) is 0 Å². The average molecular weight is 232 g/mol. The van der Waals surface area contributed by atoms with E-state index in [4.69, 9.17) is 14.9 Å². The summed E-state index contributed by atoms with van der Waals surface area (Å²) in [5.74, 6) is -0.214. The lowest BCUT2D eigenvalue weighted by Crippen LogP contribution is -2.07. The minimum absolute atomic E-state index is 0.101. The van der Waals surface area contributed by atoms with Crippen LogP contribution < -0.4 is 0 Å². The molecule has 0 aromatic rings. The van der Waals surface area contributed by atoms with E-state index in [1.165, 1.54) is 6.42 Å². The fraction of sp³-hybridized carbons (Fsp3) is 0.917. The third kappa shape index (κ3) is 11.5. The van der Waals surface area contributed by atoms with Crippen molar-refractivity contribution >= 4 is 5.97 Å². The largest absolute Gasteiger partial charge is 0.463 e. The van der Waals surface area contributed by atoms with Crippen LogP contribution >= 0.6 is 0 Å². The Morgan fingerprint density at radius 3 is 1.94 bits per heavy atom. The standard InChI is InChI=1S/C12H24O4/c13-9-7-5-3-1-2-4-6-8-12(15)16-11-10-14/h13-14H,1-11H2. The van der Waals surface area contributed by atoms with E-state index in [9.17, 15) is 4.79 Å². The van der Waals surface area contributed by atoms with Crippen molar-refractivity contribution in [2.24, 2.45) is 0 Å². The lowest BCUT2D eigenvalue weighted by Gasteiger charge is -2.03. The Hall–Kier alpha value is -0.610. The van der Waals surface area contributed by atoms with Gasteiger partial charge in [-0.15, -0.1) is 0 Å². The van der Waals surface area contributed by atoms with Crippen molar-refractivity contribution in [3.8, 4) is 0 Å². The molecule has 0 atom stereocenters. The molecular weight excluding hydrogens is 208 g/mol. The highest BCUT2D eigenvalue weighted by molar-refractivity contribution is 5.69. The maximum Gasteiger partial charge on any atom is 0.305 e. The summed E-state index contributed by atoms with van der Waals surface area (Å²) in [6.07, 6.45) is 7.83. The van der Waals surface area contributed by atoms with Crippen LogP contribution in [0.3, 0.4) is 0 Å². The number of hydrogen-bond acceptors (Lipinski definition) is 4. The zero-order valence-electron chi connectivity index (χ0n) is 9.99. The predicted octanol–water partition coefficient (Wildman–Crippen LogP) is 1.64. The van der Waals surface area contributed by atoms with Crippen LogP contribution in [-0.2, 0) is 9.53 Å². The second-order valence-corrected chi connectivity index (χ2v) is 3.89. The highest BCUT2D eigenvalue weighted by atomic mass is 16.5. The molecule has 0 spiro atoms. The van der Waals surface area contributed by atoms with Gasteiger partial charge in [-0.05, 0) is 12.8 Å². The number of unbranched alkanes of at least 4 members (excludes halogenated alkanes) is 6. The van der Waals surface area contributed by atoms with Crippen molar-refractivity contribution in [2.45, 2.75) is 51.4 Å². The molecule has 0 aliphatic rings. The molecule has 0 fully saturated rings. The van der Waals surface area contributed by atoms with E-state index in [0.29, 0.717) is 6.42 Å². The van der Waals surface area contributed by atoms with Crippen LogP contribution in [0.5, 0.6) is 0 Å². The smallest absolute Gasteiger partial charge is 0.305 e. The zero-order valence-corrected chi connectivity index (χ0v) is 9.99. The quantitative estimate of drug-likeness (QED) is 0.420. The van der Waals surface area contributed by atoms with Gasteiger partial charge in [-0.3, -0.25) is 4.79 Å². The van der Waals surface area contributed by atoms with E-state index in [1.807, 2.05) is 0 Å². The van der Waals surface area contributed by atoms with Gasteiger partial charge in [0, 0.05) is 13.0 Å². The first-order chi connectivity index (χ1) is 7.81. The molecule has 0 bridgehead atoms. The van der Waals surface area contributed by atoms with E-state index in [0.717, 1.165) is 38.5 Å². The number of carbonyl (C=O) groups is 1. The van der Waals surface area contributed by atoms with Crippen LogP contribution in [0.1, 0.15) is 51.4 Å². The molecule has 0 heterocycles. The maximum absolute atomic E-state index is 11.0. The Labute approximate surface area is 97.6 Å². The Bertz CT molecular complexity index is 159. The van der Waals surface area contributed by atoms with Gasteiger partial charge in [0.05, 0.1) is 6.61 Å². The molecular formula is C12H24O4. The topological polar surface area (TPSA) is 66.8 Å². The van der Waals surface area contributed by atoms with Crippen LogP contribution in [0.2, 0.25) is 0 Å². The van der Waals surface area contributed by atoms with Crippen molar-refractivity contribution in [3.63, 3.8) is 0 Å². The maximum atomic E-state index is 11.0. The molecule has 0 aliphatic carbocycles. The molecule has 16 heavy (non-hydrogen) atoms. The molecule has 0 radical (unpaired) electrons. The highest BCUT2D eigenvalue weighted by Gasteiger charge is 2.01. The number of carbonyl (C=O) groups excluding carboxylic acids is 1. The molecule has 0 rings (SSSR count). The Morgan fingerprint density at radius 1 is 0.812 bits per heavy atom. The number of ether oxygens (including phenoxy) is 1. The summed E-state index contributed by atoms with van der Waals surface area (Å²) in [6, 6.07) is 0. The molecule has 0 unspecified atom stereocenters. The van der Waals surface area contributed by atoms with Crippen LogP contribution in [0.15, 0.2) is 0 Å². The van der Waals surface area contributed by atoms with Crippen molar-refractivity contribution in [3.05, 3.63) is 0 Å². The Kier molecular flexibility index (Phi) is 12.0. The van der Waals surface area contributed by atoms with E-state index < -0.39 is 0 Å². The summed E-state index contributed by atoms with van der Waals surface area (Å²) in [6.45, 7) is 0.299. The third-order valence-electron chi connectivity index (χ3n) is 2.39. The van der Waals surface area contributed by atoms with E-state index in [2.05, 4.69) is 0 Å². The molecule has 0 saturated carbocycles. The second-order valence-electron chi connectivity index (χ2n) is 3.89. The first-order valence-corrected chi connectivity index (χ1v) is 6.18. The summed E-state index contributed by atoms with van der Waals surface area (Å²) in [7, 11) is 0. The van der Waals surface area contributed by atoms with Crippen LogP contribution in [0, 0.1) is 0 Å². The number of esters is 1. The van der Waals surface area contributed by atoms with Crippen molar-refractivity contribution in [1.29, 1.82) is 0 Å². The number of aliphatic hydroxyl groups excluding tert-OH is 2. The molecule has 2 N–H and O–H groups in total. The van der Waals surface area contributed by atoms with Gasteiger partial charge >= 0.3 is 5.97 Å². The van der Waals surface area contributed by atoms with Gasteiger partial charge in [-0.1, -0.05) is 32.1 Å². The third-order valence-corrected chi connectivity index (χ3v) is 2.39. The van der Waals surface area contributed by atoms with Gasteiger partial charge in [0.1, 0.15) is 6.61 Å². The van der Waals surface area contributed by atoms with Crippen molar-refractivity contribution in [2.75, 3.05) is 19.8 Å². The lowest BCUT2D eigenvalue weighted by atomic mass is 10.1. The molecule has 4 nitrogen and oxygen atoms in total. The van der Waals surface area contributed by atoms with Gasteiger partial charge in [-0.25, -0.2) is 0 Å². The molecule has 0 aromatic heterocycles. The Balaban J connectivity index is 3.05. The molecule has 0 aromatic carbocycles. The molecule has 0 amide bonds. The Morgan fingerprint density at radius 2 is 1.38 bits per heavy atom. The summed E-state index contributed by atoms with van der Waals surface area (Å²) < 4.78 is 4.73. The van der Waals surface area contributed by atoms with E-state index in [-0.39, 0.29) is 25.8 Å². The zero-order chi connectivity index (χ0) is 12.1. The molecule has 4 heteroatoms. The van der Waals surface area contributed by atoms with E-state index in [1.54, 1.807) is 0 Å². The summed E-state index contributed by atoms with van der Waals surface area (Å²) in [4.78, 5) is 11.0. The molecule has 0 saturated heterocycles. The first kappa shape index (κ1) is 15.4. The minimum atomic E-state index is -0.214. The number of rotatable bonds is 11. The van der Waals surface area contributed by atoms with Gasteiger partial charge in [-0.2, -0.15) is 0 Å². The summed E-state index contributed by atoms with van der Waals surface area (Å²) >= 11 is 0. The summed E-state index contributed by atoms with van der Waals surface area (Å²) in [5, 5.41) is 17.0. The summed E-state index contributed by atoms with van der Waals surface area (Å²) in [5.41, 5.74) is 0. The first-order valence-electron chi connectivity index (χ1n) is 6.18. The van der Waals surface area contributed by atoms with Gasteiger partial charge in [0.15, 0.2) is 0 Å². The fourth-order valence-electron chi connectivity index (χ4n) is 1.50. The highest BCUT2D eigenvalue weighted by Crippen LogP contribution is 2.08. The molecule has 0 aliphatic heterocycles. The number of hydrogen-bond donors (Lipinski definition) is 2. The SMILES string of the molecule is O=C(CCCCCCCCCO)OCCO. The lowest BCUT2D eigenvalue weighted by molar-refractivity contribution is -0.144. The van der Waals surface area contributed by atoms with Gasteiger partial charge < -0.3 is 14.9 Å². The minimum Gasteiger partial charge on any atom is -0.463 e. The monoisotopic (exact) mass is 232 g/mol. The predicted molar refractivity (Wildman–Crippen MR) is 62.1 cm³/mol.